The van der Waals surface area contributed by atoms with E-state index in [1.165, 1.54) is 20.9 Å². The van der Waals surface area contributed by atoms with Crippen molar-refractivity contribution in [2.45, 2.75) is 33.7 Å². The van der Waals surface area contributed by atoms with Crippen molar-refractivity contribution in [3.63, 3.8) is 0 Å². The van der Waals surface area contributed by atoms with Crippen LogP contribution in [0.3, 0.4) is 0 Å². The summed E-state index contributed by atoms with van der Waals surface area (Å²) in [5, 5.41) is 4.31. The SMILES string of the molecule is Cc1cc(C(C)Nc2c(C)cccc2Cl)c(C)s1. The largest absolute Gasteiger partial charge is 0.377 e. The molecule has 0 bridgehead atoms. The molecule has 0 aliphatic heterocycles. The summed E-state index contributed by atoms with van der Waals surface area (Å²) >= 11 is 8.09. The van der Waals surface area contributed by atoms with Crippen molar-refractivity contribution in [2.75, 3.05) is 5.32 Å². The van der Waals surface area contributed by atoms with Crippen molar-refractivity contribution < 1.29 is 0 Å². The zero-order valence-electron chi connectivity index (χ0n) is 11.2. The second-order valence-electron chi connectivity index (χ2n) is 4.67. The Kier molecular flexibility index (Phi) is 3.98. The Morgan fingerprint density at radius 2 is 1.94 bits per heavy atom. The van der Waals surface area contributed by atoms with E-state index in [9.17, 15) is 0 Å². The standard InChI is InChI=1S/C15H18ClNS/c1-9-6-5-7-14(16)15(9)17-11(3)13-8-10(2)18-12(13)4/h5-8,11,17H,1-4H3. The molecule has 1 N–H and O–H groups in total. The molecule has 0 aliphatic rings. The van der Waals surface area contributed by atoms with Gasteiger partial charge in [0.2, 0.25) is 0 Å². The van der Waals surface area contributed by atoms with Crippen LogP contribution >= 0.6 is 22.9 Å². The van der Waals surface area contributed by atoms with Crippen LogP contribution in [0.1, 0.15) is 33.8 Å². The summed E-state index contributed by atoms with van der Waals surface area (Å²) in [6.45, 7) is 8.57. The van der Waals surface area contributed by atoms with Crippen molar-refractivity contribution in [3.05, 3.63) is 50.2 Å². The number of benzene rings is 1. The van der Waals surface area contributed by atoms with Gasteiger partial charge >= 0.3 is 0 Å². The van der Waals surface area contributed by atoms with E-state index in [0.717, 1.165) is 10.7 Å². The van der Waals surface area contributed by atoms with E-state index in [1.54, 1.807) is 0 Å². The van der Waals surface area contributed by atoms with Crippen LogP contribution in [0.5, 0.6) is 0 Å². The minimum Gasteiger partial charge on any atom is -0.377 e. The average molecular weight is 280 g/mol. The van der Waals surface area contributed by atoms with Crippen LogP contribution in [0, 0.1) is 20.8 Å². The normalized spacial score (nSPS) is 12.5. The van der Waals surface area contributed by atoms with Crippen molar-refractivity contribution >= 4 is 28.6 Å². The Bertz CT molecular complexity index is 539. The van der Waals surface area contributed by atoms with E-state index in [2.05, 4.69) is 45.1 Å². The molecule has 0 saturated carbocycles. The predicted molar refractivity (Wildman–Crippen MR) is 82.0 cm³/mol. The van der Waals surface area contributed by atoms with Crippen LogP contribution in [0.4, 0.5) is 5.69 Å². The lowest BCUT2D eigenvalue weighted by Crippen LogP contribution is -2.08. The molecule has 1 aromatic heterocycles. The smallest absolute Gasteiger partial charge is 0.0640 e. The summed E-state index contributed by atoms with van der Waals surface area (Å²) in [4.78, 5) is 2.73. The molecule has 1 nitrogen and oxygen atoms in total. The first-order valence-corrected chi connectivity index (χ1v) is 7.27. The van der Waals surface area contributed by atoms with Crippen molar-refractivity contribution in [1.29, 1.82) is 0 Å². The Morgan fingerprint density at radius 3 is 2.50 bits per heavy atom. The van der Waals surface area contributed by atoms with E-state index in [0.29, 0.717) is 0 Å². The third-order valence-corrected chi connectivity index (χ3v) is 4.43. The highest BCUT2D eigenvalue weighted by molar-refractivity contribution is 7.12. The molecular weight excluding hydrogens is 262 g/mol. The number of halogens is 1. The first-order valence-electron chi connectivity index (χ1n) is 6.07. The van der Waals surface area contributed by atoms with Crippen LogP contribution in [0.2, 0.25) is 5.02 Å². The van der Waals surface area contributed by atoms with Gasteiger partial charge in [0.1, 0.15) is 0 Å². The molecule has 1 atom stereocenters. The van der Waals surface area contributed by atoms with Gasteiger partial charge in [-0.1, -0.05) is 23.7 Å². The minimum absolute atomic E-state index is 0.272. The Labute approximate surface area is 118 Å². The lowest BCUT2D eigenvalue weighted by Gasteiger charge is -2.18. The fourth-order valence-corrected chi connectivity index (χ4v) is 3.49. The predicted octanol–water partition coefficient (Wildman–Crippen LogP) is 5.50. The van der Waals surface area contributed by atoms with Gasteiger partial charge in [-0.2, -0.15) is 0 Å². The van der Waals surface area contributed by atoms with Crippen LogP contribution in [0.15, 0.2) is 24.3 Å². The zero-order valence-corrected chi connectivity index (χ0v) is 12.7. The average Bonchev–Trinajstić information content (AvgIpc) is 2.63. The highest BCUT2D eigenvalue weighted by atomic mass is 35.5. The molecular formula is C15H18ClNS. The van der Waals surface area contributed by atoms with Gasteiger partial charge in [0.05, 0.1) is 10.7 Å². The van der Waals surface area contributed by atoms with Gasteiger partial charge in [-0.25, -0.2) is 0 Å². The summed E-state index contributed by atoms with van der Waals surface area (Å²) in [7, 11) is 0. The highest BCUT2D eigenvalue weighted by Gasteiger charge is 2.13. The topological polar surface area (TPSA) is 12.0 Å². The van der Waals surface area contributed by atoms with Crippen LogP contribution in [-0.4, -0.2) is 0 Å². The molecule has 0 saturated heterocycles. The molecule has 2 rings (SSSR count). The Morgan fingerprint density at radius 1 is 1.22 bits per heavy atom. The van der Waals surface area contributed by atoms with Gasteiger partial charge < -0.3 is 5.32 Å². The number of rotatable bonds is 3. The van der Waals surface area contributed by atoms with Gasteiger partial charge in [-0.05, 0) is 51.0 Å². The van der Waals surface area contributed by atoms with Crippen LogP contribution < -0.4 is 5.32 Å². The quantitative estimate of drug-likeness (QED) is 0.782. The van der Waals surface area contributed by atoms with E-state index in [4.69, 9.17) is 11.6 Å². The van der Waals surface area contributed by atoms with Crippen LogP contribution in [0.25, 0.3) is 0 Å². The number of para-hydroxylation sites is 1. The van der Waals surface area contributed by atoms with Crippen molar-refractivity contribution in [1.82, 2.24) is 0 Å². The van der Waals surface area contributed by atoms with Crippen molar-refractivity contribution in [3.8, 4) is 0 Å². The number of hydrogen-bond acceptors (Lipinski definition) is 2. The van der Waals surface area contributed by atoms with E-state index < -0.39 is 0 Å². The molecule has 0 spiro atoms. The van der Waals surface area contributed by atoms with E-state index in [1.807, 2.05) is 23.5 Å². The van der Waals surface area contributed by atoms with E-state index in [-0.39, 0.29) is 6.04 Å². The summed E-state index contributed by atoms with van der Waals surface area (Å²) in [6.07, 6.45) is 0. The fraction of sp³-hybridized carbons (Fsp3) is 0.333. The van der Waals surface area contributed by atoms with Gasteiger partial charge in [0.25, 0.3) is 0 Å². The number of anilines is 1. The molecule has 1 heterocycles. The summed E-state index contributed by atoms with van der Waals surface area (Å²) < 4.78 is 0. The number of thiophene rings is 1. The first-order chi connectivity index (χ1) is 8.49. The number of nitrogens with one attached hydrogen (secondary N) is 1. The second-order valence-corrected chi connectivity index (χ2v) is 6.53. The van der Waals surface area contributed by atoms with Gasteiger partial charge in [-0.3, -0.25) is 0 Å². The molecule has 18 heavy (non-hydrogen) atoms. The molecule has 0 fully saturated rings. The highest BCUT2D eigenvalue weighted by Crippen LogP contribution is 2.32. The summed E-state index contributed by atoms with van der Waals surface area (Å²) in [6, 6.07) is 8.51. The first kappa shape index (κ1) is 13.4. The molecule has 0 amide bonds. The van der Waals surface area contributed by atoms with Crippen molar-refractivity contribution in [2.24, 2.45) is 0 Å². The lowest BCUT2D eigenvalue weighted by atomic mass is 10.1. The molecule has 0 radical (unpaired) electrons. The molecule has 3 heteroatoms. The van der Waals surface area contributed by atoms with Gasteiger partial charge in [0, 0.05) is 15.8 Å². The summed E-state index contributed by atoms with van der Waals surface area (Å²) in [5.41, 5.74) is 3.57. The number of aryl methyl sites for hydroxylation is 3. The molecule has 1 aromatic carbocycles. The molecule has 2 aromatic rings. The molecule has 1 unspecified atom stereocenters. The maximum Gasteiger partial charge on any atom is 0.0640 e. The third kappa shape index (κ3) is 2.70. The number of hydrogen-bond donors (Lipinski definition) is 1. The molecule has 0 aliphatic carbocycles. The third-order valence-electron chi connectivity index (χ3n) is 3.13. The maximum atomic E-state index is 6.25. The second kappa shape index (κ2) is 5.33. The van der Waals surface area contributed by atoms with E-state index >= 15 is 0 Å². The molecule has 96 valence electrons. The van der Waals surface area contributed by atoms with Gasteiger partial charge in [-0.15, -0.1) is 11.3 Å². The van der Waals surface area contributed by atoms with Gasteiger partial charge in [0.15, 0.2) is 0 Å². The zero-order chi connectivity index (χ0) is 13.3. The lowest BCUT2D eigenvalue weighted by molar-refractivity contribution is 0.879. The summed E-state index contributed by atoms with van der Waals surface area (Å²) in [5.74, 6) is 0. The Hall–Kier alpha value is -0.990. The fourth-order valence-electron chi connectivity index (χ4n) is 2.19. The van der Waals surface area contributed by atoms with Crippen LogP contribution in [-0.2, 0) is 0 Å². The maximum absolute atomic E-state index is 6.25. The Balaban J connectivity index is 2.26. The monoisotopic (exact) mass is 279 g/mol. The minimum atomic E-state index is 0.272.